The number of ether oxygens (including phenoxy) is 1. The van der Waals surface area contributed by atoms with Gasteiger partial charge in [0.25, 0.3) is 0 Å². The molecule has 0 radical (unpaired) electrons. The topological polar surface area (TPSA) is 56.2 Å². The minimum absolute atomic E-state index is 0.237. The van der Waals surface area contributed by atoms with Crippen molar-refractivity contribution in [2.24, 2.45) is 7.05 Å². The number of halogens is 1. The van der Waals surface area contributed by atoms with Crippen LogP contribution in [0, 0.1) is 6.92 Å². The number of carbonyl (C=O) groups excluding carboxylic acids is 1. The van der Waals surface area contributed by atoms with Crippen molar-refractivity contribution in [2.45, 2.75) is 13.5 Å². The van der Waals surface area contributed by atoms with Gasteiger partial charge in [0, 0.05) is 7.05 Å². The summed E-state index contributed by atoms with van der Waals surface area (Å²) in [6.45, 7) is 2.09. The van der Waals surface area contributed by atoms with Gasteiger partial charge in [-0.25, -0.2) is 4.79 Å². The Labute approximate surface area is 119 Å². The normalized spacial score (nSPS) is 10.3. The fraction of sp³-hybridized carbons (Fsp3) is 0.231. The molecule has 0 aliphatic rings. The van der Waals surface area contributed by atoms with Crippen LogP contribution in [0.4, 0.5) is 10.6 Å². The summed E-state index contributed by atoms with van der Waals surface area (Å²) in [7, 11) is 1.75. The maximum Gasteiger partial charge on any atom is 0.413 e. The van der Waals surface area contributed by atoms with E-state index >= 15 is 0 Å². The summed E-state index contributed by atoms with van der Waals surface area (Å²) in [6, 6.07) is 9.52. The lowest BCUT2D eigenvalue weighted by molar-refractivity contribution is 0.155. The molecule has 100 valence electrons. The Kier molecular flexibility index (Phi) is 4.21. The lowest BCUT2D eigenvalue weighted by Crippen LogP contribution is -2.16. The number of anilines is 1. The van der Waals surface area contributed by atoms with Crippen LogP contribution in [0.1, 0.15) is 11.3 Å². The number of amides is 1. The summed E-state index contributed by atoms with van der Waals surface area (Å²) < 4.78 is 7.48. The Hall–Kier alpha value is -1.82. The fourth-order valence-electron chi connectivity index (χ4n) is 1.62. The van der Waals surface area contributed by atoms with Gasteiger partial charge in [-0.05, 0) is 28.4 Å². The lowest BCUT2D eigenvalue weighted by atomic mass is 10.2. The Bertz CT molecular complexity index is 581. The zero-order chi connectivity index (χ0) is 13.8. The zero-order valence-corrected chi connectivity index (χ0v) is 12.3. The van der Waals surface area contributed by atoms with E-state index in [0.717, 1.165) is 15.7 Å². The second-order valence-corrected chi connectivity index (χ2v) is 4.85. The average molecular weight is 324 g/mol. The van der Waals surface area contributed by atoms with E-state index in [4.69, 9.17) is 4.74 Å². The molecular formula is C13H14BrN3O2. The van der Waals surface area contributed by atoms with Crippen molar-refractivity contribution in [1.29, 1.82) is 0 Å². The number of aromatic nitrogens is 2. The molecule has 2 rings (SSSR count). The standard InChI is InChI=1S/C13H14BrN3O2/c1-9-11(14)12(17(2)16-9)15-13(18)19-8-10-6-4-3-5-7-10/h3-7H,8H2,1-2H3,(H,15,18). The van der Waals surface area contributed by atoms with Gasteiger partial charge in [-0.1, -0.05) is 30.3 Å². The summed E-state index contributed by atoms with van der Waals surface area (Å²) in [5, 5.41) is 6.84. The minimum atomic E-state index is -0.507. The summed E-state index contributed by atoms with van der Waals surface area (Å²) in [6.07, 6.45) is -0.507. The molecular weight excluding hydrogens is 310 g/mol. The van der Waals surface area contributed by atoms with Gasteiger partial charge >= 0.3 is 6.09 Å². The predicted molar refractivity (Wildman–Crippen MR) is 75.9 cm³/mol. The fourth-order valence-corrected chi connectivity index (χ4v) is 2.06. The molecule has 1 N–H and O–H groups in total. The first kappa shape index (κ1) is 13.6. The van der Waals surface area contributed by atoms with Gasteiger partial charge in [-0.15, -0.1) is 0 Å². The number of hydrogen-bond acceptors (Lipinski definition) is 3. The molecule has 1 aromatic heterocycles. The number of nitrogens with one attached hydrogen (secondary N) is 1. The molecule has 0 bridgehead atoms. The number of benzene rings is 1. The summed E-state index contributed by atoms with van der Waals surface area (Å²) in [4.78, 5) is 11.7. The number of hydrogen-bond donors (Lipinski definition) is 1. The zero-order valence-electron chi connectivity index (χ0n) is 10.7. The first-order valence-corrected chi connectivity index (χ1v) is 6.54. The smallest absolute Gasteiger partial charge is 0.413 e. The van der Waals surface area contributed by atoms with Crippen LogP contribution in [0.3, 0.4) is 0 Å². The molecule has 6 heteroatoms. The van der Waals surface area contributed by atoms with Crippen molar-refractivity contribution in [3.63, 3.8) is 0 Å². The Morgan fingerprint density at radius 2 is 2.11 bits per heavy atom. The van der Waals surface area contributed by atoms with Crippen molar-refractivity contribution in [1.82, 2.24) is 9.78 Å². The molecule has 1 aromatic carbocycles. The van der Waals surface area contributed by atoms with E-state index in [2.05, 4.69) is 26.3 Å². The Morgan fingerprint density at radius 1 is 1.42 bits per heavy atom. The third-order valence-electron chi connectivity index (χ3n) is 2.58. The van der Waals surface area contributed by atoms with Gasteiger partial charge in [-0.3, -0.25) is 10.00 Å². The highest BCUT2D eigenvalue weighted by Gasteiger charge is 2.14. The molecule has 0 unspecified atom stereocenters. The number of carbonyl (C=O) groups is 1. The van der Waals surface area contributed by atoms with E-state index in [1.165, 1.54) is 0 Å². The first-order valence-electron chi connectivity index (χ1n) is 5.74. The maximum absolute atomic E-state index is 11.7. The van der Waals surface area contributed by atoms with Crippen LogP contribution in [-0.4, -0.2) is 15.9 Å². The quantitative estimate of drug-likeness (QED) is 0.943. The third-order valence-corrected chi connectivity index (χ3v) is 3.53. The van der Waals surface area contributed by atoms with Crippen molar-refractivity contribution in [2.75, 3.05) is 5.32 Å². The van der Waals surface area contributed by atoms with E-state index in [-0.39, 0.29) is 6.61 Å². The maximum atomic E-state index is 11.7. The summed E-state index contributed by atoms with van der Waals surface area (Å²) >= 11 is 3.37. The van der Waals surface area contributed by atoms with Crippen LogP contribution in [0.25, 0.3) is 0 Å². The Balaban J connectivity index is 1.95. The van der Waals surface area contributed by atoms with Gasteiger partial charge < -0.3 is 4.74 Å². The van der Waals surface area contributed by atoms with E-state index in [0.29, 0.717) is 5.82 Å². The van der Waals surface area contributed by atoms with Crippen molar-refractivity contribution < 1.29 is 9.53 Å². The summed E-state index contributed by atoms with van der Waals surface area (Å²) in [5.74, 6) is 0.579. The number of aryl methyl sites for hydroxylation is 2. The first-order chi connectivity index (χ1) is 9.08. The highest BCUT2D eigenvalue weighted by Crippen LogP contribution is 2.25. The molecule has 0 spiro atoms. The highest BCUT2D eigenvalue weighted by atomic mass is 79.9. The average Bonchev–Trinajstić information content (AvgIpc) is 2.64. The number of rotatable bonds is 3. The molecule has 5 nitrogen and oxygen atoms in total. The van der Waals surface area contributed by atoms with E-state index < -0.39 is 6.09 Å². The monoisotopic (exact) mass is 323 g/mol. The molecule has 19 heavy (non-hydrogen) atoms. The lowest BCUT2D eigenvalue weighted by Gasteiger charge is -2.07. The van der Waals surface area contributed by atoms with Gasteiger partial charge in [0.2, 0.25) is 0 Å². The molecule has 0 aliphatic carbocycles. The van der Waals surface area contributed by atoms with Crippen LogP contribution in [0.2, 0.25) is 0 Å². The van der Waals surface area contributed by atoms with Gasteiger partial charge in [0.15, 0.2) is 0 Å². The second kappa shape index (κ2) is 5.88. The molecule has 0 aliphatic heterocycles. The molecule has 1 amide bonds. The SMILES string of the molecule is Cc1nn(C)c(NC(=O)OCc2ccccc2)c1Br. The largest absolute Gasteiger partial charge is 0.444 e. The van der Waals surface area contributed by atoms with Gasteiger partial charge in [0.05, 0.1) is 10.2 Å². The van der Waals surface area contributed by atoms with Crippen molar-refractivity contribution >= 4 is 27.8 Å². The highest BCUT2D eigenvalue weighted by molar-refractivity contribution is 9.10. The number of nitrogens with zero attached hydrogens (tertiary/aromatic N) is 2. The Morgan fingerprint density at radius 3 is 2.68 bits per heavy atom. The molecule has 0 saturated heterocycles. The molecule has 0 saturated carbocycles. The van der Waals surface area contributed by atoms with E-state index in [1.807, 2.05) is 37.3 Å². The van der Waals surface area contributed by atoms with E-state index in [1.54, 1.807) is 11.7 Å². The predicted octanol–water partition coefficient (Wildman–Crippen LogP) is 3.24. The van der Waals surface area contributed by atoms with Crippen molar-refractivity contribution in [3.8, 4) is 0 Å². The van der Waals surface area contributed by atoms with Crippen LogP contribution >= 0.6 is 15.9 Å². The molecule has 0 fully saturated rings. The van der Waals surface area contributed by atoms with Crippen molar-refractivity contribution in [3.05, 3.63) is 46.1 Å². The van der Waals surface area contributed by atoms with Crippen LogP contribution in [0.5, 0.6) is 0 Å². The summed E-state index contributed by atoms with van der Waals surface area (Å²) in [5.41, 5.74) is 1.75. The third kappa shape index (κ3) is 3.35. The molecule has 2 aromatic rings. The van der Waals surface area contributed by atoms with Crippen LogP contribution in [0.15, 0.2) is 34.8 Å². The minimum Gasteiger partial charge on any atom is -0.444 e. The van der Waals surface area contributed by atoms with Gasteiger partial charge in [0.1, 0.15) is 12.4 Å². The van der Waals surface area contributed by atoms with Crippen LogP contribution in [-0.2, 0) is 18.4 Å². The molecule has 1 heterocycles. The van der Waals surface area contributed by atoms with E-state index in [9.17, 15) is 4.79 Å². The second-order valence-electron chi connectivity index (χ2n) is 4.06. The van der Waals surface area contributed by atoms with Gasteiger partial charge in [-0.2, -0.15) is 5.10 Å². The van der Waals surface area contributed by atoms with Crippen LogP contribution < -0.4 is 5.32 Å². The molecule has 0 atom stereocenters.